The number of hydrogen-bond donors (Lipinski definition) is 1. The van der Waals surface area contributed by atoms with Crippen molar-refractivity contribution in [3.8, 4) is 16.9 Å². The van der Waals surface area contributed by atoms with Gasteiger partial charge in [0.1, 0.15) is 6.33 Å². The van der Waals surface area contributed by atoms with Crippen molar-refractivity contribution in [2.24, 2.45) is 0 Å². The number of carbonyl (C=O) groups excluding carboxylic acids is 1. The fraction of sp³-hybridized carbons (Fsp3) is 0.0526. The quantitative estimate of drug-likeness (QED) is 0.448. The lowest BCUT2D eigenvalue weighted by molar-refractivity contribution is -0.113. The number of thioether (sulfide) groups is 1. The number of benzene rings is 2. The van der Waals surface area contributed by atoms with Crippen LogP contribution in [0, 0.1) is 0 Å². The molecule has 1 N–H and O–H groups in total. The Bertz CT molecular complexity index is 1080. The molecule has 0 saturated heterocycles. The van der Waals surface area contributed by atoms with Gasteiger partial charge in [0.25, 0.3) is 0 Å². The Kier molecular flexibility index (Phi) is 5.70. The summed E-state index contributed by atoms with van der Waals surface area (Å²) in [6, 6.07) is 17.2. The first-order valence-electron chi connectivity index (χ1n) is 8.28. The molecule has 0 unspecified atom stereocenters. The average Bonchev–Trinajstić information content (AvgIpc) is 3.37. The van der Waals surface area contributed by atoms with E-state index < -0.39 is 0 Å². The van der Waals surface area contributed by atoms with E-state index in [1.54, 1.807) is 6.33 Å². The molecule has 9 heteroatoms. The van der Waals surface area contributed by atoms with Crippen LogP contribution in [0.25, 0.3) is 16.9 Å². The zero-order valence-electron chi connectivity index (χ0n) is 14.4. The molecule has 0 spiro atoms. The highest BCUT2D eigenvalue weighted by Crippen LogP contribution is 2.26. The van der Waals surface area contributed by atoms with Crippen molar-refractivity contribution in [1.82, 2.24) is 19.7 Å². The van der Waals surface area contributed by atoms with Gasteiger partial charge in [-0.3, -0.25) is 9.36 Å². The van der Waals surface area contributed by atoms with E-state index >= 15 is 0 Å². The molecule has 28 heavy (non-hydrogen) atoms. The Hall–Kier alpha value is -2.68. The molecule has 0 saturated carbocycles. The minimum Gasteiger partial charge on any atom is -0.301 e. The zero-order valence-corrected chi connectivity index (χ0v) is 16.8. The topological polar surface area (TPSA) is 72.7 Å². The van der Waals surface area contributed by atoms with Gasteiger partial charge in [0.05, 0.1) is 11.4 Å². The zero-order chi connectivity index (χ0) is 19.3. The Morgan fingerprint density at radius 3 is 2.71 bits per heavy atom. The summed E-state index contributed by atoms with van der Waals surface area (Å²) in [6.07, 6.45) is 1.63. The van der Waals surface area contributed by atoms with Gasteiger partial charge in [-0.2, -0.15) is 0 Å². The third kappa shape index (κ3) is 4.41. The fourth-order valence-electron chi connectivity index (χ4n) is 2.46. The highest BCUT2D eigenvalue weighted by atomic mass is 35.5. The molecule has 0 fully saturated rings. The van der Waals surface area contributed by atoms with E-state index in [1.807, 2.05) is 64.5 Å². The van der Waals surface area contributed by atoms with Crippen LogP contribution in [0.15, 0.2) is 71.5 Å². The van der Waals surface area contributed by atoms with E-state index in [0.29, 0.717) is 15.3 Å². The van der Waals surface area contributed by atoms with E-state index in [1.165, 1.54) is 23.1 Å². The minimum atomic E-state index is -0.149. The molecular formula is C19H14ClN5OS2. The highest BCUT2D eigenvalue weighted by molar-refractivity contribution is 7.99. The molecule has 0 aliphatic heterocycles. The number of anilines is 1. The average molecular weight is 428 g/mol. The lowest BCUT2D eigenvalue weighted by Gasteiger charge is -2.05. The monoisotopic (exact) mass is 427 g/mol. The number of rotatable bonds is 6. The van der Waals surface area contributed by atoms with Gasteiger partial charge in [-0.1, -0.05) is 53.7 Å². The number of carbonyl (C=O) groups is 1. The first-order valence-corrected chi connectivity index (χ1v) is 10.5. The lowest BCUT2D eigenvalue weighted by Crippen LogP contribution is -2.14. The van der Waals surface area contributed by atoms with E-state index in [-0.39, 0.29) is 11.7 Å². The predicted molar refractivity (Wildman–Crippen MR) is 113 cm³/mol. The predicted octanol–water partition coefficient (Wildman–Crippen LogP) is 4.78. The molecule has 2 heterocycles. The maximum atomic E-state index is 12.3. The second-order valence-corrected chi connectivity index (χ2v) is 7.94. The molecule has 2 aromatic carbocycles. The third-order valence-corrected chi connectivity index (χ3v) is 5.73. The second-order valence-electron chi connectivity index (χ2n) is 5.70. The molecule has 2 aromatic heterocycles. The number of para-hydroxylation sites is 1. The number of nitrogens with zero attached hydrogens (tertiary/aromatic N) is 4. The number of aromatic nitrogens is 4. The van der Waals surface area contributed by atoms with Gasteiger partial charge in [0.2, 0.25) is 5.91 Å². The van der Waals surface area contributed by atoms with Gasteiger partial charge in [-0.25, -0.2) is 4.98 Å². The molecule has 0 radical (unpaired) electrons. The van der Waals surface area contributed by atoms with Gasteiger partial charge >= 0.3 is 0 Å². The number of thiazole rings is 1. The van der Waals surface area contributed by atoms with Crippen LogP contribution in [0.5, 0.6) is 0 Å². The summed E-state index contributed by atoms with van der Waals surface area (Å²) < 4.78 is 1.85. The van der Waals surface area contributed by atoms with Gasteiger partial charge < -0.3 is 5.32 Å². The van der Waals surface area contributed by atoms with Crippen molar-refractivity contribution < 1.29 is 4.79 Å². The maximum absolute atomic E-state index is 12.3. The molecular weight excluding hydrogens is 414 g/mol. The highest BCUT2D eigenvalue weighted by Gasteiger charge is 2.12. The summed E-state index contributed by atoms with van der Waals surface area (Å²) in [4.78, 5) is 16.8. The number of nitrogens with one attached hydrogen (secondary N) is 1. The van der Waals surface area contributed by atoms with Crippen molar-refractivity contribution in [1.29, 1.82) is 0 Å². The normalized spacial score (nSPS) is 10.8. The molecule has 6 nitrogen and oxygen atoms in total. The Labute approximate surface area is 174 Å². The van der Waals surface area contributed by atoms with Crippen molar-refractivity contribution in [3.63, 3.8) is 0 Å². The molecule has 4 rings (SSSR count). The van der Waals surface area contributed by atoms with Crippen molar-refractivity contribution in [2.75, 3.05) is 11.1 Å². The molecule has 0 aliphatic rings. The van der Waals surface area contributed by atoms with Crippen molar-refractivity contribution >= 4 is 45.7 Å². The number of hydrogen-bond acceptors (Lipinski definition) is 6. The summed E-state index contributed by atoms with van der Waals surface area (Å²) in [5.74, 6) is 0.0612. The Morgan fingerprint density at radius 2 is 1.93 bits per heavy atom. The standard InChI is InChI=1S/C19H14ClN5OS2/c20-14-8-6-13(7-9-14)16-10-27-18(22-16)23-17(26)11-28-19-24-21-12-25(19)15-4-2-1-3-5-15/h1-10,12H,11H2,(H,22,23,26). The van der Waals surface area contributed by atoms with Crippen LogP contribution < -0.4 is 5.32 Å². The van der Waals surface area contributed by atoms with Gasteiger partial charge in [-0.15, -0.1) is 21.5 Å². The second kappa shape index (κ2) is 8.55. The minimum absolute atomic E-state index is 0.149. The molecule has 0 bridgehead atoms. The SMILES string of the molecule is O=C(CSc1nncn1-c1ccccc1)Nc1nc(-c2ccc(Cl)cc2)cs1. The summed E-state index contributed by atoms with van der Waals surface area (Å²) in [5, 5.41) is 14.7. The largest absolute Gasteiger partial charge is 0.301 e. The van der Waals surface area contributed by atoms with E-state index in [9.17, 15) is 4.79 Å². The van der Waals surface area contributed by atoms with Crippen LogP contribution in [-0.4, -0.2) is 31.4 Å². The van der Waals surface area contributed by atoms with Crippen LogP contribution in [-0.2, 0) is 4.79 Å². The van der Waals surface area contributed by atoms with Crippen molar-refractivity contribution in [3.05, 3.63) is 71.3 Å². The fourth-order valence-corrected chi connectivity index (χ4v) is 4.05. The third-order valence-electron chi connectivity index (χ3n) is 3.77. The van der Waals surface area contributed by atoms with Crippen molar-refractivity contribution in [2.45, 2.75) is 5.16 Å². The summed E-state index contributed by atoms with van der Waals surface area (Å²) in [5.41, 5.74) is 2.70. The molecule has 140 valence electrons. The van der Waals surface area contributed by atoms with Gasteiger partial charge in [0, 0.05) is 21.7 Å². The van der Waals surface area contributed by atoms with Crippen LogP contribution in [0.4, 0.5) is 5.13 Å². The maximum Gasteiger partial charge on any atom is 0.236 e. The molecule has 4 aromatic rings. The first-order chi connectivity index (χ1) is 13.7. The van der Waals surface area contributed by atoms with E-state index in [4.69, 9.17) is 11.6 Å². The smallest absolute Gasteiger partial charge is 0.236 e. The van der Waals surface area contributed by atoms with Crippen LogP contribution in [0.1, 0.15) is 0 Å². The van der Waals surface area contributed by atoms with E-state index in [0.717, 1.165) is 16.9 Å². The molecule has 0 aliphatic carbocycles. The van der Waals surface area contributed by atoms with E-state index in [2.05, 4.69) is 20.5 Å². The Morgan fingerprint density at radius 1 is 1.14 bits per heavy atom. The summed E-state index contributed by atoms with van der Waals surface area (Å²) in [6.45, 7) is 0. The Balaban J connectivity index is 1.37. The summed E-state index contributed by atoms with van der Waals surface area (Å²) in [7, 11) is 0. The number of amides is 1. The number of halogens is 1. The van der Waals surface area contributed by atoms with Gasteiger partial charge in [-0.05, 0) is 24.3 Å². The molecule has 0 atom stereocenters. The molecule has 1 amide bonds. The lowest BCUT2D eigenvalue weighted by atomic mass is 10.2. The summed E-state index contributed by atoms with van der Waals surface area (Å²) >= 11 is 8.61. The van der Waals surface area contributed by atoms with Crippen LogP contribution in [0.3, 0.4) is 0 Å². The first kappa shape index (κ1) is 18.7. The van der Waals surface area contributed by atoms with Gasteiger partial charge in [0.15, 0.2) is 10.3 Å². The van der Waals surface area contributed by atoms with Crippen LogP contribution >= 0.6 is 34.7 Å². The van der Waals surface area contributed by atoms with Crippen LogP contribution in [0.2, 0.25) is 5.02 Å².